The molecule has 63 heavy (non-hydrogen) atoms. The Kier molecular flexibility index (Phi) is 8.81. The first-order valence-electron chi connectivity index (χ1n) is 19.5. The van der Waals surface area contributed by atoms with Crippen LogP contribution in [0.25, 0.3) is 103 Å². The molecule has 2 aromatic heterocycles. The Bertz CT molecular complexity index is 3690. The molecule has 0 saturated heterocycles. The quantitative estimate of drug-likeness (QED) is 0.162. The molecule has 2 heterocycles. The van der Waals surface area contributed by atoms with Crippen molar-refractivity contribution in [1.29, 1.82) is 15.8 Å². The fraction of sp³-hybridized carbons (Fsp3) is 0. The van der Waals surface area contributed by atoms with Gasteiger partial charge in [0.25, 0.3) is 0 Å². The van der Waals surface area contributed by atoms with E-state index in [1.807, 2.05) is 100 Å². The molecule has 0 radical (unpaired) electrons. The summed E-state index contributed by atoms with van der Waals surface area (Å²) in [6, 6.07) is 52.2. The number of hydrogen-bond acceptors (Lipinski definition) is 3. The largest absolute Gasteiger partial charge is 0.308 e. The summed E-state index contributed by atoms with van der Waals surface area (Å²) in [5.41, 5.74) is 9.26. The van der Waals surface area contributed by atoms with E-state index in [9.17, 15) is 15.8 Å². The van der Waals surface area contributed by atoms with Gasteiger partial charge in [0, 0.05) is 32.7 Å². The monoisotopic (exact) mass is 804 g/mol. The summed E-state index contributed by atoms with van der Waals surface area (Å²) in [7, 11) is 0. The van der Waals surface area contributed by atoms with Crippen molar-refractivity contribution < 1.29 is 4.39 Å². The van der Waals surface area contributed by atoms with E-state index in [-0.39, 0.29) is 16.7 Å². The minimum absolute atomic E-state index is 0.167. The van der Waals surface area contributed by atoms with Crippen LogP contribution in [-0.4, -0.2) is 9.13 Å². The third-order valence-corrected chi connectivity index (χ3v) is 11.5. The molecule has 8 aromatic carbocycles. The summed E-state index contributed by atoms with van der Waals surface area (Å²) >= 11 is 0. The molecule has 0 aliphatic carbocycles. The number of fused-ring (bicyclic) bond motifs is 6. The smallest absolute Gasteiger partial charge is 0.196 e. The van der Waals surface area contributed by atoms with Crippen LogP contribution >= 0.6 is 0 Å². The molecular formula is C54H25FN8. The van der Waals surface area contributed by atoms with Gasteiger partial charge in [-0.25, -0.2) is 18.9 Å². The fourth-order valence-electron chi connectivity index (χ4n) is 8.71. The molecule has 0 N–H and O–H groups in total. The SMILES string of the molecule is [C-]#[N+]c1ccc(-c2ccc3c4ccccc4n(-c4cc(-c5ccc(C#N)cc5F)cc(-n5c6ccccc6c6ccc(-c7ccc(C#N)cc7[N+]#[C-])cc65)c4C#N)c3c2)c([N+]#[C-])c1. The Morgan fingerprint density at radius 1 is 0.429 bits per heavy atom. The molecule has 0 unspecified atom stereocenters. The van der Waals surface area contributed by atoms with Gasteiger partial charge >= 0.3 is 0 Å². The molecule has 0 aliphatic rings. The molecule has 0 amide bonds. The van der Waals surface area contributed by atoms with Crippen LogP contribution in [-0.2, 0) is 0 Å². The number of nitrogens with zero attached hydrogens (tertiary/aromatic N) is 8. The lowest BCUT2D eigenvalue weighted by Crippen LogP contribution is -2.05. The topological polar surface area (TPSA) is 94.3 Å². The van der Waals surface area contributed by atoms with Gasteiger partial charge in [0.2, 0.25) is 0 Å². The van der Waals surface area contributed by atoms with Gasteiger partial charge in [-0.15, -0.1) is 0 Å². The highest BCUT2D eigenvalue weighted by molar-refractivity contribution is 6.12. The Morgan fingerprint density at radius 3 is 1.43 bits per heavy atom. The van der Waals surface area contributed by atoms with Crippen molar-refractivity contribution in [2.75, 3.05) is 0 Å². The molecule has 10 rings (SSSR count). The molecule has 10 aromatic rings. The van der Waals surface area contributed by atoms with Gasteiger partial charge in [-0.3, -0.25) is 0 Å². The van der Waals surface area contributed by atoms with Crippen molar-refractivity contribution in [3.63, 3.8) is 0 Å². The molecule has 0 bridgehead atoms. The van der Waals surface area contributed by atoms with E-state index >= 15 is 4.39 Å². The maximum atomic E-state index is 16.3. The van der Waals surface area contributed by atoms with E-state index in [1.54, 1.807) is 60.7 Å². The molecule has 0 aliphatic heterocycles. The number of hydrogen-bond donors (Lipinski definition) is 0. The Labute approximate surface area is 360 Å². The summed E-state index contributed by atoms with van der Waals surface area (Å²) in [6.07, 6.45) is 0. The predicted octanol–water partition coefficient (Wildman–Crippen LogP) is 14.3. The van der Waals surface area contributed by atoms with Gasteiger partial charge in [-0.05, 0) is 88.5 Å². The second kappa shape index (κ2) is 14.8. The average molecular weight is 805 g/mol. The van der Waals surface area contributed by atoms with Crippen LogP contribution in [0.4, 0.5) is 21.5 Å². The lowest BCUT2D eigenvalue weighted by molar-refractivity contribution is 0.631. The van der Waals surface area contributed by atoms with E-state index in [1.165, 1.54) is 6.07 Å². The number of nitriles is 3. The molecule has 0 fully saturated rings. The molecule has 0 saturated carbocycles. The highest BCUT2D eigenvalue weighted by Gasteiger charge is 2.24. The third-order valence-electron chi connectivity index (χ3n) is 11.5. The first-order chi connectivity index (χ1) is 30.9. The number of halogens is 1. The highest BCUT2D eigenvalue weighted by atomic mass is 19.1. The first kappa shape index (κ1) is 37.5. The molecule has 8 nitrogen and oxygen atoms in total. The zero-order valence-electron chi connectivity index (χ0n) is 32.9. The van der Waals surface area contributed by atoms with Gasteiger partial charge in [0.15, 0.2) is 17.1 Å². The van der Waals surface area contributed by atoms with E-state index in [2.05, 4.69) is 26.7 Å². The zero-order valence-corrected chi connectivity index (χ0v) is 32.9. The van der Waals surface area contributed by atoms with Crippen molar-refractivity contribution in [1.82, 2.24) is 9.13 Å². The van der Waals surface area contributed by atoms with Crippen molar-refractivity contribution in [2.24, 2.45) is 0 Å². The minimum Gasteiger partial charge on any atom is -0.308 e. The first-order valence-corrected chi connectivity index (χ1v) is 19.5. The molecule has 288 valence electrons. The van der Waals surface area contributed by atoms with Crippen LogP contribution in [0.15, 0.2) is 152 Å². The number of rotatable bonds is 5. The van der Waals surface area contributed by atoms with Crippen LogP contribution < -0.4 is 0 Å². The van der Waals surface area contributed by atoms with Gasteiger partial charge in [0.05, 0.1) is 70.9 Å². The Morgan fingerprint density at radius 2 is 0.921 bits per heavy atom. The molecule has 0 spiro atoms. The second-order valence-electron chi connectivity index (χ2n) is 14.9. The lowest BCUT2D eigenvalue weighted by Gasteiger charge is -2.19. The van der Waals surface area contributed by atoms with Gasteiger partial charge in [0.1, 0.15) is 17.4 Å². The van der Waals surface area contributed by atoms with Crippen LogP contribution in [0.2, 0.25) is 0 Å². The normalized spacial score (nSPS) is 10.8. The zero-order chi connectivity index (χ0) is 43.4. The average Bonchev–Trinajstić information content (AvgIpc) is 3.84. The molecular weight excluding hydrogens is 780 g/mol. The maximum Gasteiger partial charge on any atom is 0.196 e. The standard InChI is InChI=1S/C54H25FN8/c1-59-37-16-21-40(48(28-37)61-3)35-15-20-44-42-9-5-7-11-50(42)63(52(44)25-35)54-27-36(38-17-12-32(29-56)22-46(38)55)26-53(45(54)31-58)62-49-10-6-4-8-41(49)43-19-14-34(24-51(43)62)39-18-13-33(30-57)23-47(39)60-2/h4-28H. The minimum atomic E-state index is -0.605. The Hall–Kier alpha value is -9.77. The summed E-state index contributed by atoms with van der Waals surface area (Å²) < 4.78 is 20.3. The Balaban J connectivity index is 1.34. The second-order valence-corrected chi connectivity index (χ2v) is 14.9. The van der Waals surface area contributed by atoms with Crippen molar-refractivity contribution in [2.45, 2.75) is 0 Å². The van der Waals surface area contributed by atoms with Crippen molar-refractivity contribution >= 4 is 60.7 Å². The van der Waals surface area contributed by atoms with Gasteiger partial charge in [-0.2, -0.15) is 15.8 Å². The predicted molar refractivity (Wildman–Crippen MR) is 244 cm³/mol. The lowest BCUT2D eigenvalue weighted by atomic mass is 9.98. The van der Waals surface area contributed by atoms with Crippen LogP contribution in [0.3, 0.4) is 0 Å². The van der Waals surface area contributed by atoms with E-state index in [0.29, 0.717) is 50.7 Å². The van der Waals surface area contributed by atoms with Crippen molar-refractivity contribution in [3.8, 4) is 63.0 Å². The maximum absolute atomic E-state index is 16.3. The van der Waals surface area contributed by atoms with E-state index in [4.69, 9.17) is 19.7 Å². The van der Waals surface area contributed by atoms with Crippen molar-refractivity contribution in [3.05, 3.63) is 208 Å². The summed E-state index contributed by atoms with van der Waals surface area (Å²) in [6.45, 7) is 23.4. The highest BCUT2D eigenvalue weighted by Crippen LogP contribution is 2.44. The summed E-state index contributed by atoms with van der Waals surface area (Å²) in [4.78, 5) is 11.0. The van der Waals surface area contributed by atoms with E-state index < -0.39 is 5.82 Å². The van der Waals surface area contributed by atoms with Gasteiger partial charge in [-0.1, -0.05) is 91.0 Å². The van der Waals surface area contributed by atoms with Crippen LogP contribution in [0, 0.1) is 59.5 Å². The van der Waals surface area contributed by atoms with E-state index in [0.717, 1.165) is 54.7 Å². The molecule has 0 atom stereocenters. The number of para-hydroxylation sites is 2. The number of benzene rings is 8. The fourth-order valence-corrected chi connectivity index (χ4v) is 8.71. The van der Waals surface area contributed by atoms with Crippen LogP contribution in [0.1, 0.15) is 16.7 Å². The molecule has 9 heteroatoms. The third kappa shape index (κ3) is 5.92. The summed E-state index contributed by atoms with van der Waals surface area (Å²) in [5.74, 6) is -0.605. The van der Waals surface area contributed by atoms with Crippen LogP contribution in [0.5, 0.6) is 0 Å². The number of aromatic nitrogens is 2. The van der Waals surface area contributed by atoms with Gasteiger partial charge < -0.3 is 9.13 Å². The summed E-state index contributed by atoms with van der Waals surface area (Å²) in [5, 5.41) is 34.3.